The van der Waals surface area contributed by atoms with E-state index in [0.717, 1.165) is 19.2 Å². The number of hydrogen-bond acceptors (Lipinski definition) is 3. The van der Waals surface area contributed by atoms with Crippen LogP contribution in [0.4, 0.5) is 8.78 Å². The van der Waals surface area contributed by atoms with Crippen LogP contribution in [-0.2, 0) is 0 Å². The van der Waals surface area contributed by atoms with Crippen LogP contribution in [0.3, 0.4) is 0 Å². The summed E-state index contributed by atoms with van der Waals surface area (Å²) in [6.45, 7) is 0.0329. The zero-order valence-electron chi connectivity index (χ0n) is 8.43. The summed E-state index contributed by atoms with van der Waals surface area (Å²) in [5.41, 5.74) is -0.0137. The van der Waals surface area contributed by atoms with Crippen molar-refractivity contribution in [3.05, 3.63) is 29.3 Å². The number of nitrogens with one attached hydrogen (secondary N) is 1. The first kappa shape index (κ1) is 11.6. The Morgan fingerprint density at radius 2 is 1.93 bits per heavy atom. The number of ether oxygens (including phenoxy) is 1. The third-order valence-corrected chi connectivity index (χ3v) is 1.86. The maximum atomic E-state index is 13.2. The number of halogens is 2. The molecule has 0 fully saturated rings. The molecule has 0 atom stereocenters. The van der Waals surface area contributed by atoms with Crippen LogP contribution >= 0.6 is 0 Å². The molecule has 1 aromatic rings. The van der Waals surface area contributed by atoms with Gasteiger partial charge < -0.3 is 10.1 Å². The van der Waals surface area contributed by atoms with E-state index in [4.69, 9.17) is 0 Å². The van der Waals surface area contributed by atoms with Crippen molar-refractivity contribution in [3.63, 3.8) is 0 Å². The summed E-state index contributed by atoms with van der Waals surface area (Å²) < 4.78 is 30.8. The molecule has 0 aliphatic carbocycles. The maximum Gasteiger partial charge on any atom is 0.190 e. The number of benzene rings is 1. The van der Waals surface area contributed by atoms with Crippen molar-refractivity contribution < 1.29 is 18.3 Å². The standard InChI is InChI=1S/C10H11F2NO2/c1-13-5-9(14)6-3-7(11)10(15-2)8(12)4-6/h3-4,13H,5H2,1-2H3. The highest BCUT2D eigenvalue weighted by atomic mass is 19.1. The van der Waals surface area contributed by atoms with Gasteiger partial charge in [-0.15, -0.1) is 0 Å². The molecule has 0 amide bonds. The molecule has 3 nitrogen and oxygen atoms in total. The summed E-state index contributed by atoms with van der Waals surface area (Å²) in [6.07, 6.45) is 0. The third-order valence-electron chi connectivity index (χ3n) is 1.86. The number of carbonyl (C=O) groups is 1. The van der Waals surface area contributed by atoms with Crippen LogP contribution in [-0.4, -0.2) is 26.5 Å². The number of carbonyl (C=O) groups excluding carboxylic acids is 1. The third kappa shape index (κ3) is 2.50. The fourth-order valence-corrected chi connectivity index (χ4v) is 1.18. The molecular formula is C10H11F2NO2. The molecule has 0 bridgehead atoms. The molecule has 0 aliphatic heterocycles. The number of likely N-dealkylation sites (N-methyl/N-ethyl adjacent to an activating group) is 1. The number of ketones is 1. The second-order valence-electron chi connectivity index (χ2n) is 2.93. The highest BCUT2D eigenvalue weighted by molar-refractivity contribution is 5.97. The fraction of sp³-hybridized carbons (Fsp3) is 0.300. The zero-order valence-corrected chi connectivity index (χ0v) is 8.43. The van der Waals surface area contributed by atoms with Crippen LogP contribution in [0.25, 0.3) is 0 Å². The lowest BCUT2D eigenvalue weighted by Crippen LogP contribution is -2.19. The summed E-state index contributed by atoms with van der Waals surface area (Å²) >= 11 is 0. The van der Waals surface area contributed by atoms with Crippen LogP contribution < -0.4 is 10.1 Å². The van der Waals surface area contributed by atoms with E-state index in [-0.39, 0.29) is 17.9 Å². The highest BCUT2D eigenvalue weighted by Gasteiger charge is 2.14. The van der Waals surface area contributed by atoms with Crippen molar-refractivity contribution >= 4 is 5.78 Å². The molecule has 0 saturated heterocycles. The first-order valence-electron chi connectivity index (χ1n) is 4.31. The van der Waals surface area contributed by atoms with E-state index < -0.39 is 17.4 Å². The average Bonchev–Trinajstić information content (AvgIpc) is 2.17. The van der Waals surface area contributed by atoms with Crippen LogP contribution in [0, 0.1) is 11.6 Å². The van der Waals surface area contributed by atoms with Gasteiger partial charge in [0.2, 0.25) is 0 Å². The van der Waals surface area contributed by atoms with Gasteiger partial charge in [0.1, 0.15) is 0 Å². The summed E-state index contributed by atoms with van der Waals surface area (Å²) in [5, 5.41) is 2.61. The predicted octanol–water partition coefficient (Wildman–Crippen LogP) is 1.38. The van der Waals surface area contributed by atoms with E-state index in [9.17, 15) is 13.6 Å². The molecule has 0 aliphatic rings. The molecule has 0 unspecified atom stereocenters. The van der Waals surface area contributed by atoms with Gasteiger partial charge in [-0.05, 0) is 19.2 Å². The largest absolute Gasteiger partial charge is 0.491 e. The van der Waals surface area contributed by atoms with Crippen molar-refractivity contribution in [2.24, 2.45) is 0 Å². The van der Waals surface area contributed by atoms with Gasteiger partial charge in [0.15, 0.2) is 23.2 Å². The predicted molar refractivity (Wildman–Crippen MR) is 51.2 cm³/mol. The van der Waals surface area contributed by atoms with E-state index in [1.165, 1.54) is 0 Å². The van der Waals surface area contributed by atoms with E-state index in [0.29, 0.717) is 0 Å². The van der Waals surface area contributed by atoms with Gasteiger partial charge in [-0.3, -0.25) is 4.79 Å². The Morgan fingerprint density at radius 1 is 1.40 bits per heavy atom. The van der Waals surface area contributed by atoms with Crippen molar-refractivity contribution in [3.8, 4) is 5.75 Å². The van der Waals surface area contributed by atoms with Crippen LogP contribution in [0.1, 0.15) is 10.4 Å². The number of methoxy groups -OCH3 is 1. The topological polar surface area (TPSA) is 38.3 Å². The van der Waals surface area contributed by atoms with Gasteiger partial charge in [-0.25, -0.2) is 8.78 Å². The Kier molecular flexibility index (Phi) is 3.74. The van der Waals surface area contributed by atoms with Crippen LogP contribution in [0.2, 0.25) is 0 Å². The molecule has 0 spiro atoms. The summed E-state index contributed by atoms with van der Waals surface area (Å²) in [4.78, 5) is 11.3. The Hall–Kier alpha value is -1.49. The van der Waals surface area contributed by atoms with Gasteiger partial charge in [0.25, 0.3) is 0 Å². The Morgan fingerprint density at radius 3 is 2.33 bits per heavy atom. The monoisotopic (exact) mass is 215 g/mol. The van der Waals surface area contributed by atoms with E-state index in [1.54, 1.807) is 7.05 Å². The maximum absolute atomic E-state index is 13.2. The lowest BCUT2D eigenvalue weighted by atomic mass is 10.1. The first-order chi connectivity index (χ1) is 7.10. The molecule has 0 saturated carbocycles. The number of hydrogen-bond donors (Lipinski definition) is 1. The van der Waals surface area contributed by atoms with E-state index in [2.05, 4.69) is 10.1 Å². The molecule has 82 valence electrons. The normalized spacial score (nSPS) is 10.1. The quantitative estimate of drug-likeness (QED) is 0.771. The van der Waals surface area contributed by atoms with Gasteiger partial charge in [0.05, 0.1) is 13.7 Å². The van der Waals surface area contributed by atoms with Crippen molar-refractivity contribution in [2.45, 2.75) is 0 Å². The van der Waals surface area contributed by atoms with Crippen LogP contribution in [0.5, 0.6) is 5.75 Å². The minimum absolute atomic E-state index is 0.0137. The highest BCUT2D eigenvalue weighted by Crippen LogP contribution is 2.22. The van der Waals surface area contributed by atoms with E-state index in [1.807, 2.05) is 0 Å². The summed E-state index contributed by atoms with van der Waals surface area (Å²) in [6, 6.07) is 1.92. The Labute approximate surface area is 86.0 Å². The Balaban J connectivity index is 3.08. The molecule has 1 aromatic carbocycles. The minimum atomic E-state index is -0.878. The average molecular weight is 215 g/mol. The van der Waals surface area contributed by atoms with Crippen LogP contribution in [0.15, 0.2) is 12.1 Å². The molecule has 1 N–H and O–H groups in total. The van der Waals surface area contributed by atoms with Crippen molar-refractivity contribution in [1.29, 1.82) is 0 Å². The minimum Gasteiger partial charge on any atom is -0.491 e. The van der Waals surface area contributed by atoms with Gasteiger partial charge in [-0.1, -0.05) is 0 Å². The summed E-state index contributed by atoms with van der Waals surface area (Å²) in [5.74, 6) is -2.61. The molecule has 15 heavy (non-hydrogen) atoms. The molecule has 0 aromatic heterocycles. The smallest absolute Gasteiger partial charge is 0.190 e. The SMILES string of the molecule is CNCC(=O)c1cc(F)c(OC)c(F)c1. The first-order valence-corrected chi connectivity index (χ1v) is 4.31. The zero-order chi connectivity index (χ0) is 11.4. The molecule has 0 heterocycles. The van der Waals surface area contributed by atoms with Gasteiger partial charge in [0, 0.05) is 5.56 Å². The Bertz CT molecular complexity index is 357. The number of rotatable bonds is 4. The second-order valence-corrected chi connectivity index (χ2v) is 2.93. The van der Waals surface area contributed by atoms with Gasteiger partial charge in [-0.2, -0.15) is 0 Å². The number of Topliss-reactive ketones (excluding diaryl/α,β-unsaturated/α-hetero) is 1. The van der Waals surface area contributed by atoms with Gasteiger partial charge >= 0.3 is 0 Å². The molecular weight excluding hydrogens is 204 g/mol. The lowest BCUT2D eigenvalue weighted by molar-refractivity contribution is 0.0992. The molecule has 1 rings (SSSR count). The summed E-state index contributed by atoms with van der Waals surface area (Å²) in [7, 11) is 2.74. The lowest BCUT2D eigenvalue weighted by Gasteiger charge is -2.06. The van der Waals surface area contributed by atoms with E-state index >= 15 is 0 Å². The fourth-order valence-electron chi connectivity index (χ4n) is 1.18. The van der Waals surface area contributed by atoms with Crippen molar-refractivity contribution in [1.82, 2.24) is 5.32 Å². The molecule has 0 radical (unpaired) electrons. The molecule has 5 heteroatoms. The second kappa shape index (κ2) is 4.84. The van der Waals surface area contributed by atoms with Crippen molar-refractivity contribution in [2.75, 3.05) is 20.7 Å².